The smallest absolute Gasteiger partial charge is 0.320 e. The summed E-state index contributed by atoms with van der Waals surface area (Å²) in [5.74, 6) is 0.545. The van der Waals surface area contributed by atoms with Gasteiger partial charge in [-0.25, -0.2) is 9.78 Å². The van der Waals surface area contributed by atoms with Crippen molar-refractivity contribution < 1.29 is 4.79 Å². The number of benzene rings is 1. The van der Waals surface area contributed by atoms with Crippen molar-refractivity contribution in [2.75, 3.05) is 11.9 Å². The lowest BCUT2D eigenvalue weighted by Crippen LogP contribution is -2.30. The number of amides is 2. The summed E-state index contributed by atoms with van der Waals surface area (Å²) in [6.45, 7) is 0.584. The third kappa shape index (κ3) is 4.71. The van der Waals surface area contributed by atoms with E-state index in [2.05, 4.69) is 31.5 Å². The zero-order valence-corrected chi connectivity index (χ0v) is 11.9. The summed E-state index contributed by atoms with van der Waals surface area (Å²) < 4.78 is 1.05. The Hall–Kier alpha value is -1.88. The predicted molar refractivity (Wildman–Crippen MR) is 79.1 cm³/mol. The van der Waals surface area contributed by atoms with Crippen molar-refractivity contribution in [2.24, 2.45) is 0 Å². The van der Waals surface area contributed by atoms with Gasteiger partial charge in [-0.1, -0.05) is 34.1 Å². The normalized spacial score (nSPS) is 9.95. The number of hydrogen-bond acceptors (Lipinski definition) is 2. The summed E-state index contributed by atoms with van der Waals surface area (Å²) in [6.07, 6.45) is 2.43. The van der Waals surface area contributed by atoms with Crippen LogP contribution in [0.1, 0.15) is 5.56 Å². The second-order valence-corrected chi connectivity index (χ2v) is 4.89. The summed E-state index contributed by atoms with van der Waals surface area (Å²) in [6, 6.07) is 13.2. The van der Waals surface area contributed by atoms with Gasteiger partial charge >= 0.3 is 6.03 Å². The molecule has 19 heavy (non-hydrogen) atoms. The van der Waals surface area contributed by atoms with E-state index in [0.717, 1.165) is 10.9 Å². The van der Waals surface area contributed by atoms with Crippen LogP contribution in [0.15, 0.2) is 53.1 Å². The molecular formula is C14H14BrN3O. The van der Waals surface area contributed by atoms with E-state index in [-0.39, 0.29) is 6.03 Å². The maximum absolute atomic E-state index is 11.6. The van der Waals surface area contributed by atoms with Crippen LogP contribution in [0.2, 0.25) is 0 Å². The zero-order chi connectivity index (χ0) is 13.5. The van der Waals surface area contributed by atoms with Crippen molar-refractivity contribution in [3.63, 3.8) is 0 Å². The minimum absolute atomic E-state index is 0.240. The second-order valence-electron chi connectivity index (χ2n) is 3.97. The lowest BCUT2D eigenvalue weighted by molar-refractivity contribution is 0.252. The summed E-state index contributed by atoms with van der Waals surface area (Å²) >= 11 is 3.39. The van der Waals surface area contributed by atoms with Gasteiger partial charge < -0.3 is 5.32 Å². The van der Waals surface area contributed by atoms with E-state index in [9.17, 15) is 4.79 Å². The monoisotopic (exact) mass is 319 g/mol. The summed E-state index contributed by atoms with van der Waals surface area (Å²) in [5, 5.41) is 5.46. The number of anilines is 1. The van der Waals surface area contributed by atoms with Crippen LogP contribution in [-0.4, -0.2) is 17.6 Å². The molecule has 0 unspecified atom stereocenters. The molecular weight excluding hydrogens is 306 g/mol. The maximum atomic E-state index is 11.6. The summed E-state index contributed by atoms with van der Waals surface area (Å²) in [4.78, 5) is 15.6. The fourth-order valence-electron chi connectivity index (χ4n) is 1.57. The average molecular weight is 320 g/mol. The van der Waals surface area contributed by atoms with Crippen LogP contribution in [0.5, 0.6) is 0 Å². The molecule has 4 nitrogen and oxygen atoms in total. The number of hydrogen-bond donors (Lipinski definition) is 2. The lowest BCUT2D eigenvalue weighted by Gasteiger charge is -2.06. The number of carbonyl (C=O) groups is 1. The number of urea groups is 1. The Bertz CT molecular complexity index is 528. The fourth-order valence-corrected chi connectivity index (χ4v) is 1.83. The first-order chi connectivity index (χ1) is 9.24. The van der Waals surface area contributed by atoms with Gasteiger partial charge in [-0.2, -0.15) is 0 Å². The van der Waals surface area contributed by atoms with Gasteiger partial charge in [-0.05, 0) is 36.2 Å². The molecule has 0 radical (unpaired) electrons. The highest BCUT2D eigenvalue weighted by Crippen LogP contribution is 2.10. The molecule has 0 spiro atoms. The van der Waals surface area contributed by atoms with Gasteiger partial charge in [-0.3, -0.25) is 5.32 Å². The third-order valence-corrected chi connectivity index (χ3v) is 3.05. The van der Waals surface area contributed by atoms with Crippen LogP contribution >= 0.6 is 15.9 Å². The van der Waals surface area contributed by atoms with E-state index < -0.39 is 0 Å². The van der Waals surface area contributed by atoms with Crippen molar-refractivity contribution in [3.8, 4) is 0 Å². The highest BCUT2D eigenvalue weighted by atomic mass is 79.9. The molecule has 0 bridgehead atoms. The Morgan fingerprint density at radius 3 is 2.63 bits per heavy atom. The highest BCUT2D eigenvalue weighted by molar-refractivity contribution is 9.10. The van der Waals surface area contributed by atoms with Gasteiger partial charge in [0.1, 0.15) is 5.82 Å². The number of nitrogens with zero attached hydrogens (tertiary/aromatic N) is 1. The van der Waals surface area contributed by atoms with Crippen molar-refractivity contribution in [1.82, 2.24) is 10.3 Å². The minimum atomic E-state index is -0.240. The zero-order valence-electron chi connectivity index (χ0n) is 10.3. The Morgan fingerprint density at radius 1 is 1.16 bits per heavy atom. The first-order valence-corrected chi connectivity index (χ1v) is 6.74. The summed E-state index contributed by atoms with van der Waals surface area (Å²) in [5.41, 5.74) is 1.18. The molecule has 0 atom stereocenters. The molecule has 98 valence electrons. The first-order valence-electron chi connectivity index (χ1n) is 5.94. The van der Waals surface area contributed by atoms with Crippen LogP contribution in [0.4, 0.5) is 10.6 Å². The number of aromatic nitrogens is 1. The third-order valence-electron chi connectivity index (χ3n) is 2.52. The molecule has 2 rings (SSSR count). The van der Waals surface area contributed by atoms with Gasteiger partial charge in [0.15, 0.2) is 0 Å². The van der Waals surface area contributed by atoms with E-state index in [4.69, 9.17) is 0 Å². The van der Waals surface area contributed by atoms with E-state index in [0.29, 0.717) is 12.4 Å². The molecule has 0 aliphatic carbocycles. The Balaban J connectivity index is 1.74. The second kappa shape index (κ2) is 6.89. The summed E-state index contributed by atoms with van der Waals surface area (Å²) in [7, 11) is 0. The lowest BCUT2D eigenvalue weighted by atomic mass is 10.1. The molecule has 2 N–H and O–H groups in total. The minimum Gasteiger partial charge on any atom is -0.337 e. The molecule has 0 aliphatic rings. The SMILES string of the molecule is O=C(NCCc1ccc(Br)cc1)Nc1ccccn1. The number of nitrogens with one attached hydrogen (secondary N) is 2. The molecule has 1 aromatic carbocycles. The van der Waals surface area contributed by atoms with Crippen LogP contribution in [0.25, 0.3) is 0 Å². The number of carbonyl (C=O) groups excluding carboxylic acids is 1. The van der Waals surface area contributed by atoms with E-state index in [1.807, 2.05) is 30.3 Å². The first kappa shape index (κ1) is 13.5. The fraction of sp³-hybridized carbons (Fsp3) is 0.143. The van der Waals surface area contributed by atoms with Crippen LogP contribution < -0.4 is 10.6 Å². The Labute approximate surface area is 120 Å². The largest absolute Gasteiger partial charge is 0.337 e. The molecule has 2 amide bonds. The molecule has 2 aromatic rings. The molecule has 0 fully saturated rings. The van der Waals surface area contributed by atoms with Crippen molar-refractivity contribution in [3.05, 3.63) is 58.7 Å². The predicted octanol–water partition coefficient (Wildman–Crippen LogP) is 3.21. The van der Waals surface area contributed by atoms with Crippen molar-refractivity contribution in [1.29, 1.82) is 0 Å². The van der Waals surface area contributed by atoms with Crippen molar-refractivity contribution in [2.45, 2.75) is 6.42 Å². The molecule has 0 saturated carbocycles. The molecule has 5 heteroatoms. The number of halogens is 1. The van der Waals surface area contributed by atoms with Gasteiger partial charge in [-0.15, -0.1) is 0 Å². The topological polar surface area (TPSA) is 54.0 Å². The molecule has 1 aromatic heterocycles. The standard InChI is InChI=1S/C14H14BrN3O/c15-12-6-4-11(5-7-12)8-10-17-14(19)18-13-3-1-2-9-16-13/h1-7,9H,8,10H2,(H2,16,17,18,19). The maximum Gasteiger partial charge on any atom is 0.320 e. The van der Waals surface area contributed by atoms with E-state index >= 15 is 0 Å². The van der Waals surface area contributed by atoms with Crippen LogP contribution in [-0.2, 0) is 6.42 Å². The quantitative estimate of drug-likeness (QED) is 0.909. The van der Waals surface area contributed by atoms with Gasteiger partial charge in [0.2, 0.25) is 0 Å². The Kier molecular flexibility index (Phi) is 4.92. The number of rotatable bonds is 4. The van der Waals surface area contributed by atoms with E-state index in [1.54, 1.807) is 18.3 Å². The van der Waals surface area contributed by atoms with E-state index in [1.165, 1.54) is 5.56 Å². The van der Waals surface area contributed by atoms with Gasteiger partial charge in [0.05, 0.1) is 0 Å². The van der Waals surface area contributed by atoms with Crippen LogP contribution in [0.3, 0.4) is 0 Å². The average Bonchev–Trinajstić information content (AvgIpc) is 2.42. The Morgan fingerprint density at radius 2 is 1.95 bits per heavy atom. The molecule has 0 aliphatic heterocycles. The highest BCUT2D eigenvalue weighted by Gasteiger charge is 2.01. The van der Waals surface area contributed by atoms with Gasteiger partial charge in [0, 0.05) is 17.2 Å². The van der Waals surface area contributed by atoms with Crippen LogP contribution in [0, 0.1) is 0 Å². The molecule has 0 saturated heterocycles. The van der Waals surface area contributed by atoms with Gasteiger partial charge in [0.25, 0.3) is 0 Å². The molecule has 1 heterocycles. The number of pyridine rings is 1. The van der Waals surface area contributed by atoms with Crippen molar-refractivity contribution >= 4 is 27.8 Å².